The second-order valence-electron chi connectivity index (χ2n) is 3.43. The minimum Gasteiger partial charge on any atom is -0.476 e. The van der Waals surface area contributed by atoms with Crippen LogP contribution in [0.2, 0.25) is 0 Å². The molecule has 0 amide bonds. The lowest BCUT2D eigenvalue weighted by Crippen LogP contribution is -2.15. The number of aromatic nitrogens is 1. The van der Waals surface area contributed by atoms with E-state index < -0.39 is 5.97 Å². The van der Waals surface area contributed by atoms with E-state index in [1.54, 1.807) is 0 Å². The Labute approximate surface area is 75.6 Å². The first-order chi connectivity index (χ1) is 6.27. The van der Waals surface area contributed by atoms with Crippen molar-refractivity contribution >= 4 is 5.97 Å². The molecule has 0 bridgehead atoms. The number of carboxylic acid groups (broad SMARTS) is 1. The Morgan fingerprint density at radius 3 is 3.00 bits per heavy atom. The van der Waals surface area contributed by atoms with Gasteiger partial charge in [-0.05, 0) is 5.92 Å². The van der Waals surface area contributed by atoms with Crippen LogP contribution in [0.3, 0.4) is 0 Å². The van der Waals surface area contributed by atoms with Crippen molar-refractivity contribution in [2.75, 3.05) is 0 Å². The van der Waals surface area contributed by atoms with E-state index in [9.17, 15) is 4.79 Å². The van der Waals surface area contributed by atoms with Crippen LogP contribution in [0.4, 0.5) is 0 Å². The topological polar surface area (TPSA) is 63.3 Å². The van der Waals surface area contributed by atoms with E-state index >= 15 is 0 Å². The third-order valence-electron chi connectivity index (χ3n) is 2.54. The second-order valence-corrected chi connectivity index (χ2v) is 3.43. The van der Waals surface area contributed by atoms with Crippen LogP contribution < -0.4 is 0 Å². The summed E-state index contributed by atoms with van der Waals surface area (Å²) in [7, 11) is 0. The Morgan fingerprint density at radius 2 is 2.46 bits per heavy atom. The maximum atomic E-state index is 10.6. The molecule has 1 fully saturated rings. The number of aromatic carboxylic acids is 1. The number of carbonyl (C=O) groups is 1. The second kappa shape index (κ2) is 3.20. The van der Waals surface area contributed by atoms with E-state index in [0.717, 1.165) is 6.42 Å². The molecule has 1 aliphatic rings. The van der Waals surface area contributed by atoms with Gasteiger partial charge in [-0.25, -0.2) is 9.78 Å². The van der Waals surface area contributed by atoms with Crippen molar-refractivity contribution in [2.24, 2.45) is 5.92 Å². The van der Waals surface area contributed by atoms with E-state index in [4.69, 9.17) is 9.52 Å². The van der Waals surface area contributed by atoms with Crippen molar-refractivity contribution in [3.63, 3.8) is 0 Å². The van der Waals surface area contributed by atoms with Crippen LogP contribution in [0.1, 0.15) is 35.5 Å². The van der Waals surface area contributed by atoms with Crippen molar-refractivity contribution in [3.8, 4) is 0 Å². The van der Waals surface area contributed by atoms with Crippen molar-refractivity contribution < 1.29 is 14.3 Å². The Bertz CT molecular complexity index is 314. The van der Waals surface area contributed by atoms with Crippen molar-refractivity contribution in [1.29, 1.82) is 0 Å². The van der Waals surface area contributed by atoms with Crippen LogP contribution in [0, 0.1) is 5.92 Å². The summed E-state index contributed by atoms with van der Waals surface area (Å²) < 4.78 is 5.04. The van der Waals surface area contributed by atoms with Gasteiger partial charge >= 0.3 is 5.97 Å². The molecule has 4 nitrogen and oxygen atoms in total. The zero-order valence-electron chi connectivity index (χ0n) is 7.19. The van der Waals surface area contributed by atoms with Gasteiger partial charge in [-0.15, -0.1) is 0 Å². The maximum Gasteiger partial charge on any atom is 0.358 e. The van der Waals surface area contributed by atoms with Gasteiger partial charge in [0, 0.05) is 6.42 Å². The fourth-order valence-electron chi connectivity index (χ4n) is 1.55. The Kier molecular flexibility index (Phi) is 2.04. The summed E-state index contributed by atoms with van der Waals surface area (Å²) >= 11 is 0. The largest absolute Gasteiger partial charge is 0.476 e. The number of rotatable bonds is 3. The monoisotopic (exact) mass is 181 g/mol. The highest BCUT2D eigenvalue weighted by atomic mass is 16.4. The molecule has 1 aliphatic carbocycles. The molecule has 4 heteroatoms. The summed E-state index contributed by atoms with van der Waals surface area (Å²) in [5.41, 5.74) is 0.0758. The fraction of sp³-hybridized carbons (Fsp3) is 0.556. The summed E-state index contributed by atoms with van der Waals surface area (Å²) in [4.78, 5) is 14.3. The Balaban J connectivity index is 2.09. The number of hydrogen-bond acceptors (Lipinski definition) is 3. The van der Waals surface area contributed by atoms with E-state index in [2.05, 4.69) is 4.98 Å². The minimum atomic E-state index is -0.997. The van der Waals surface area contributed by atoms with Gasteiger partial charge in [-0.3, -0.25) is 0 Å². The molecule has 1 aromatic rings. The highest BCUT2D eigenvalue weighted by Gasteiger charge is 2.23. The average Bonchev–Trinajstić information content (AvgIpc) is 2.44. The van der Waals surface area contributed by atoms with Gasteiger partial charge in [0.25, 0.3) is 0 Å². The third kappa shape index (κ3) is 1.56. The summed E-state index contributed by atoms with van der Waals surface area (Å²) in [5.74, 6) is 0.131. The Morgan fingerprint density at radius 1 is 1.69 bits per heavy atom. The van der Waals surface area contributed by atoms with Gasteiger partial charge < -0.3 is 9.52 Å². The summed E-state index contributed by atoms with van der Waals surface area (Å²) in [6.45, 7) is 0. The first kappa shape index (κ1) is 8.29. The molecule has 2 rings (SSSR count). The van der Waals surface area contributed by atoms with Crippen LogP contribution in [0.25, 0.3) is 0 Å². The smallest absolute Gasteiger partial charge is 0.358 e. The lowest BCUT2D eigenvalue weighted by molar-refractivity contribution is 0.0688. The first-order valence-corrected chi connectivity index (χ1v) is 4.43. The zero-order chi connectivity index (χ0) is 9.26. The molecule has 0 saturated heterocycles. The predicted octanol–water partition coefficient (Wildman–Crippen LogP) is 1.72. The van der Waals surface area contributed by atoms with Crippen LogP contribution >= 0.6 is 0 Å². The first-order valence-electron chi connectivity index (χ1n) is 4.43. The van der Waals surface area contributed by atoms with Gasteiger partial charge in [0.05, 0.1) is 0 Å². The summed E-state index contributed by atoms with van der Waals surface area (Å²) in [6, 6.07) is 0. The minimum absolute atomic E-state index is 0.0758. The Hall–Kier alpha value is -1.32. The third-order valence-corrected chi connectivity index (χ3v) is 2.54. The number of carboxylic acids is 1. The summed E-state index contributed by atoms with van der Waals surface area (Å²) in [5, 5.41) is 8.74. The lowest BCUT2D eigenvalue weighted by Gasteiger charge is -2.23. The summed E-state index contributed by atoms with van der Waals surface area (Å²) in [6.07, 6.45) is 5.54. The van der Waals surface area contributed by atoms with Crippen molar-refractivity contribution in [1.82, 2.24) is 4.98 Å². The average molecular weight is 181 g/mol. The number of oxazole rings is 1. The van der Waals surface area contributed by atoms with Gasteiger partial charge in [0.15, 0.2) is 12.1 Å². The van der Waals surface area contributed by atoms with Crippen LogP contribution in [-0.2, 0) is 6.42 Å². The van der Waals surface area contributed by atoms with Gasteiger partial charge in [0.2, 0.25) is 0 Å². The number of hydrogen-bond donors (Lipinski definition) is 1. The molecule has 1 heterocycles. The molecule has 1 N–H and O–H groups in total. The van der Waals surface area contributed by atoms with E-state index in [0.29, 0.717) is 11.7 Å². The SMILES string of the molecule is O=C(O)c1ncoc1CC1CCC1. The fourth-order valence-corrected chi connectivity index (χ4v) is 1.55. The predicted molar refractivity (Wildman–Crippen MR) is 44.5 cm³/mol. The van der Waals surface area contributed by atoms with Crippen LogP contribution in [0.5, 0.6) is 0 Å². The molecule has 1 saturated carbocycles. The lowest BCUT2D eigenvalue weighted by atomic mass is 9.82. The molecular formula is C9H11NO3. The number of nitrogens with zero attached hydrogens (tertiary/aromatic N) is 1. The molecule has 0 unspecified atom stereocenters. The van der Waals surface area contributed by atoms with Crippen LogP contribution in [-0.4, -0.2) is 16.1 Å². The molecule has 1 aromatic heterocycles. The van der Waals surface area contributed by atoms with E-state index in [1.165, 1.54) is 25.7 Å². The maximum absolute atomic E-state index is 10.6. The van der Waals surface area contributed by atoms with Crippen molar-refractivity contribution in [3.05, 3.63) is 17.8 Å². The molecule has 0 spiro atoms. The quantitative estimate of drug-likeness (QED) is 0.771. The van der Waals surface area contributed by atoms with E-state index in [-0.39, 0.29) is 5.69 Å². The molecule has 0 aromatic carbocycles. The molecule has 70 valence electrons. The normalized spacial score (nSPS) is 16.9. The highest BCUT2D eigenvalue weighted by Crippen LogP contribution is 2.30. The van der Waals surface area contributed by atoms with E-state index in [1.807, 2.05) is 0 Å². The standard InChI is InChI=1S/C9H11NO3/c11-9(12)8-7(13-5-10-8)4-6-2-1-3-6/h5-6H,1-4H2,(H,11,12). The van der Waals surface area contributed by atoms with Crippen LogP contribution in [0.15, 0.2) is 10.8 Å². The highest BCUT2D eigenvalue weighted by molar-refractivity contribution is 5.86. The molecule has 0 atom stereocenters. The zero-order valence-corrected chi connectivity index (χ0v) is 7.19. The molecular weight excluding hydrogens is 170 g/mol. The van der Waals surface area contributed by atoms with Crippen molar-refractivity contribution in [2.45, 2.75) is 25.7 Å². The van der Waals surface area contributed by atoms with Gasteiger partial charge in [-0.1, -0.05) is 19.3 Å². The molecule has 0 aliphatic heterocycles. The molecule has 0 radical (unpaired) electrons. The van der Waals surface area contributed by atoms with Gasteiger partial charge in [-0.2, -0.15) is 0 Å². The molecule has 13 heavy (non-hydrogen) atoms. The van der Waals surface area contributed by atoms with Gasteiger partial charge in [0.1, 0.15) is 5.76 Å².